The van der Waals surface area contributed by atoms with Gasteiger partial charge in [0.25, 0.3) is 5.91 Å². The molecule has 1 aromatic heterocycles. The summed E-state index contributed by atoms with van der Waals surface area (Å²) in [5.41, 5.74) is 1.80. The van der Waals surface area contributed by atoms with Gasteiger partial charge < -0.3 is 10.1 Å². The number of thiocarbonyl (C=S) groups is 1. The van der Waals surface area contributed by atoms with E-state index in [2.05, 4.69) is 17.6 Å². The van der Waals surface area contributed by atoms with E-state index in [0.717, 1.165) is 29.7 Å². The lowest BCUT2D eigenvalue weighted by molar-refractivity contribution is 0.0526. The Morgan fingerprint density at radius 3 is 2.71 bits per heavy atom. The first-order valence-corrected chi connectivity index (χ1v) is 10.3. The fourth-order valence-electron chi connectivity index (χ4n) is 3.17. The molecule has 1 amide bonds. The van der Waals surface area contributed by atoms with Gasteiger partial charge in [-0.15, -0.1) is 11.3 Å². The van der Waals surface area contributed by atoms with Crippen molar-refractivity contribution in [3.8, 4) is 0 Å². The average Bonchev–Trinajstić information content (AvgIpc) is 2.98. The van der Waals surface area contributed by atoms with E-state index in [1.807, 2.05) is 0 Å². The molecule has 1 aliphatic rings. The van der Waals surface area contributed by atoms with Crippen molar-refractivity contribution < 1.29 is 18.7 Å². The first kappa shape index (κ1) is 20.4. The summed E-state index contributed by atoms with van der Waals surface area (Å²) in [6.07, 6.45) is 2.74. The molecule has 1 aliphatic carbocycles. The molecule has 0 saturated carbocycles. The van der Waals surface area contributed by atoms with Crippen LogP contribution in [0.1, 0.15) is 51.4 Å². The maximum Gasteiger partial charge on any atom is 0.341 e. The first-order chi connectivity index (χ1) is 13.4. The monoisotopic (exact) mass is 420 g/mol. The topological polar surface area (TPSA) is 67.4 Å². The van der Waals surface area contributed by atoms with Gasteiger partial charge in [0, 0.05) is 10.4 Å². The third-order valence-electron chi connectivity index (χ3n) is 4.55. The zero-order valence-corrected chi connectivity index (χ0v) is 17.3. The standard InChI is InChI=1S/C20H21FN2O3S2/c1-3-26-19(25)16-14-9-4-11(2)10-15(14)28-18(16)23-20(27)22-17(24)12-5-7-13(21)8-6-12/h5-8,11H,3-4,9-10H2,1-2H3,(H2,22,23,24,27)/t11-/m1/s1. The minimum absolute atomic E-state index is 0.0755. The second kappa shape index (κ2) is 8.79. The number of hydrogen-bond acceptors (Lipinski definition) is 5. The van der Waals surface area contributed by atoms with Crippen LogP contribution in [0.4, 0.5) is 9.39 Å². The van der Waals surface area contributed by atoms with Crippen LogP contribution in [0.15, 0.2) is 24.3 Å². The Kier molecular flexibility index (Phi) is 6.41. The Bertz CT molecular complexity index is 909. The van der Waals surface area contributed by atoms with Gasteiger partial charge in [0.1, 0.15) is 10.8 Å². The highest BCUT2D eigenvalue weighted by atomic mass is 32.1. The number of ether oxygens (including phenoxy) is 1. The van der Waals surface area contributed by atoms with Crippen molar-refractivity contribution in [2.24, 2.45) is 5.92 Å². The predicted octanol–water partition coefficient (Wildman–Crippen LogP) is 4.32. The molecule has 0 saturated heterocycles. The molecule has 0 fully saturated rings. The van der Waals surface area contributed by atoms with Gasteiger partial charge in [0.05, 0.1) is 12.2 Å². The SMILES string of the molecule is CCOC(=O)c1c(NC(=S)NC(=O)c2ccc(F)cc2)sc2c1CC[C@@H](C)C2. The van der Waals surface area contributed by atoms with Gasteiger partial charge in [-0.25, -0.2) is 9.18 Å². The van der Waals surface area contributed by atoms with Crippen molar-refractivity contribution in [3.05, 3.63) is 51.7 Å². The second-order valence-corrected chi connectivity index (χ2v) is 8.20. The van der Waals surface area contributed by atoms with Crippen LogP contribution >= 0.6 is 23.6 Å². The average molecular weight is 421 g/mol. The number of fused-ring (bicyclic) bond motifs is 1. The number of anilines is 1. The highest BCUT2D eigenvalue weighted by Crippen LogP contribution is 2.40. The maximum absolute atomic E-state index is 13.0. The largest absolute Gasteiger partial charge is 0.462 e. The van der Waals surface area contributed by atoms with Crippen molar-refractivity contribution in [1.29, 1.82) is 0 Å². The Balaban J connectivity index is 1.78. The number of esters is 1. The highest BCUT2D eigenvalue weighted by molar-refractivity contribution is 7.80. The van der Waals surface area contributed by atoms with Crippen molar-refractivity contribution in [1.82, 2.24) is 5.32 Å². The smallest absolute Gasteiger partial charge is 0.341 e. The quantitative estimate of drug-likeness (QED) is 0.570. The lowest BCUT2D eigenvalue weighted by Crippen LogP contribution is -2.34. The molecule has 28 heavy (non-hydrogen) atoms. The molecule has 3 rings (SSSR count). The molecule has 148 valence electrons. The van der Waals surface area contributed by atoms with E-state index in [1.54, 1.807) is 6.92 Å². The molecule has 8 heteroatoms. The normalized spacial score (nSPS) is 15.5. The van der Waals surface area contributed by atoms with Crippen LogP contribution in [0, 0.1) is 11.7 Å². The van der Waals surface area contributed by atoms with Gasteiger partial charge in [-0.3, -0.25) is 10.1 Å². The van der Waals surface area contributed by atoms with Crippen molar-refractivity contribution in [3.63, 3.8) is 0 Å². The van der Waals surface area contributed by atoms with Crippen LogP contribution in [-0.4, -0.2) is 23.6 Å². The van der Waals surface area contributed by atoms with Gasteiger partial charge in [-0.1, -0.05) is 6.92 Å². The van der Waals surface area contributed by atoms with E-state index in [-0.39, 0.29) is 23.3 Å². The van der Waals surface area contributed by atoms with E-state index in [9.17, 15) is 14.0 Å². The van der Waals surface area contributed by atoms with Crippen LogP contribution in [0.2, 0.25) is 0 Å². The van der Waals surface area contributed by atoms with Crippen molar-refractivity contribution >= 4 is 45.5 Å². The lowest BCUT2D eigenvalue weighted by atomic mass is 9.88. The van der Waals surface area contributed by atoms with E-state index in [1.165, 1.54) is 35.6 Å². The number of benzene rings is 1. The van der Waals surface area contributed by atoms with Crippen molar-refractivity contribution in [2.75, 3.05) is 11.9 Å². The van der Waals surface area contributed by atoms with Gasteiger partial charge >= 0.3 is 5.97 Å². The molecule has 5 nitrogen and oxygen atoms in total. The van der Waals surface area contributed by atoms with E-state index in [4.69, 9.17) is 17.0 Å². The lowest BCUT2D eigenvalue weighted by Gasteiger charge is -2.18. The third kappa shape index (κ3) is 4.56. The molecule has 0 spiro atoms. The summed E-state index contributed by atoms with van der Waals surface area (Å²) in [4.78, 5) is 25.9. The maximum atomic E-state index is 13.0. The number of halogens is 1. The van der Waals surface area contributed by atoms with Crippen LogP contribution in [0.3, 0.4) is 0 Å². The van der Waals surface area contributed by atoms with Crippen LogP contribution in [0.25, 0.3) is 0 Å². The van der Waals surface area contributed by atoms with Crippen LogP contribution in [-0.2, 0) is 17.6 Å². The summed E-state index contributed by atoms with van der Waals surface area (Å²) >= 11 is 6.72. The third-order valence-corrected chi connectivity index (χ3v) is 5.93. The number of hydrogen-bond donors (Lipinski definition) is 2. The molecule has 0 unspecified atom stereocenters. The summed E-state index contributed by atoms with van der Waals surface area (Å²) in [7, 11) is 0. The molecule has 0 bridgehead atoms. The van der Waals surface area contributed by atoms with Crippen LogP contribution in [0.5, 0.6) is 0 Å². The molecule has 1 heterocycles. The Hall–Kier alpha value is -2.32. The zero-order chi connectivity index (χ0) is 20.3. The number of carbonyl (C=O) groups excluding carboxylic acids is 2. The molecular weight excluding hydrogens is 399 g/mol. The number of rotatable bonds is 4. The molecule has 2 aromatic rings. The summed E-state index contributed by atoms with van der Waals surface area (Å²) in [5, 5.41) is 6.20. The number of thiophene rings is 1. The summed E-state index contributed by atoms with van der Waals surface area (Å²) < 4.78 is 18.2. The summed E-state index contributed by atoms with van der Waals surface area (Å²) in [6.45, 7) is 4.23. The van der Waals surface area contributed by atoms with Gasteiger partial charge in [0.15, 0.2) is 5.11 Å². The minimum Gasteiger partial charge on any atom is -0.462 e. The van der Waals surface area contributed by atoms with Crippen molar-refractivity contribution in [2.45, 2.75) is 33.1 Å². The molecule has 1 aromatic carbocycles. The number of amides is 1. The molecular formula is C20H21FN2O3S2. The molecule has 1 atom stereocenters. The van der Waals surface area contributed by atoms with E-state index >= 15 is 0 Å². The van der Waals surface area contributed by atoms with Crippen LogP contribution < -0.4 is 10.6 Å². The Morgan fingerprint density at radius 2 is 2.04 bits per heavy atom. The first-order valence-electron chi connectivity index (χ1n) is 9.08. The summed E-state index contributed by atoms with van der Waals surface area (Å²) in [5.74, 6) is -0.705. The fraction of sp³-hybridized carbons (Fsp3) is 0.350. The van der Waals surface area contributed by atoms with Gasteiger partial charge in [0.2, 0.25) is 0 Å². The molecule has 2 N–H and O–H groups in total. The minimum atomic E-state index is -0.454. The predicted molar refractivity (Wildman–Crippen MR) is 112 cm³/mol. The fourth-order valence-corrected chi connectivity index (χ4v) is 4.83. The molecule has 0 aliphatic heterocycles. The number of carbonyl (C=O) groups is 2. The second-order valence-electron chi connectivity index (χ2n) is 6.69. The van der Waals surface area contributed by atoms with Gasteiger partial charge in [-0.05, 0) is 74.2 Å². The van der Waals surface area contributed by atoms with E-state index in [0.29, 0.717) is 16.5 Å². The Labute approximate surface area is 172 Å². The summed E-state index contributed by atoms with van der Waals surface area (Å²) in [6, 6.07) is 5.17. The zero-order valence-electron chi connectivity index (χ0n) is 15.6. The molecule has 0 radical (unpaired) electrons. The van der Waals surface area contributed by atoms with Gasteiger partial charge in [-0.2, -0.15) is 0 Å². The highest BCUT2D eigenvalue weighted by Gasteiger charge is 2.28. The van der Waals surface area contributed by atoms with E-state index < -0.39 is 11.7 Å². The Morgan fingerprint density at radius 1 is 1.32 bits per heavy atom. The number of nitrogens with one attached hydrogen (secondary N) is 2.